The van der Waals surface area contributed by atoms with Crippen LogP contribution in [-0.2, 0) is 16.4 Å². The van der Waals surface area contributed by atoms with Gasteiger partial charge in [0.2, 0.25) is 10.0 Å². The molecule has 0 aliphatic rings. The molecule has 0 saturated heterocycles. The molecule has 6 heteroatoms. The molecule has 1 aromatic carbocycles. The summed E-state index contributed by atoms with van der Waals surface area (Å²) >= 11 is 0. The summed E-state index contributed by atoms with van der Waals surface area (Å²) in [6.45, 7) is 1.99. The molecule has 0 bridgehead atoms. The molecule has 0 unspecified atom stereocenters. The first kappa shape index (κ1) is 15.2. The molecule has 0 saturated carbocycles. The zero-order valence-corrected chi connectivity index (χ0v) is 12.4. The Morgan fingerprint density at radius 1 is 1.29 bits per heavy atom. The summed E-state index contributed by atoms with van der Waals surface area (Å²) in [7, 11) is -3.57. The van der Waals surface area contributed by atoms with Crippen molar-refractivity contribution >= 4 is 10.0 Å². The lowest BCUT2D eigenvalue weighted by atomic mass is 10.1. The number of aryl methyl sites for hydroxylation is 1. The van der Waals surface area contributed by atoms with Crippen molar-refractivity contribution < 1.29 is 8.42 Å². The van der Waals surface area contributed by atoms with E-state index in [-0.39, 0.29) is 11.4 Å². The zero-order chi connectivity index (χ0) is 15.3. The van der Waals surface area contributed by atoms with Gasteiger partial charge in [-0.3, -0.25) is 4.98 Å². The summed E-state index contributed by atoms with van der Waals surface area (Å²) in [5.74, 6) is 0. The number of hydrogen-bond donors (Lipinski definition) is 1. The summed E-state index contributed by atoms with van der Waals surface area (Å²) in [4.78, 5) is 4.30. The number of hydrogen-bond acceptors (Lipinski definition) is 4. The molecule has 0 spiro atoms. The number of sulfonamides is 1. The first-order valence-electron chi connectivity index (χ1n) is 6.43. The van der Waals surface area contributed by atoms with Crippen LogP contribution in [0.25, 0.3) is 0 Å². The number of rotatable bonds is 5. The van der Waals surface area contributed by atoms with Crippen molar-refractivity contribution in [2.24, 2.45) is 0 Å². The Morgan fingerprint density at radius 2 is 2.10 bits per heavy atom. The molecule has 0 fully saturated rings. The quantitative estimate of drug-likeness (QED) is 0.912. The molecule has 1 aromatic heterocycles. The highest BCUT2D eigenvalue weighted by Crippen LogP contribution is 2.14. The Kier molecular flexibility index (Phi) is 4.68. The fourth-order valence-corrected chi connectivity index (χ4v) is 2.99. The van der Waals surface area contributed by atoms with Crippen molar-refractivity contribution in [1.82, 2.24) is 9.71 Å². The van der Waals surface area contributed by atoms with Gasteiger partial charge >= 0.3 is 0 Å². The van der Waals surface area contributed by atoms with Crippen LogP contribution in [0.4, 0.5) is 0 Å². The molecular formula is C15H15N3O2S. The van der Waals surface area contributed by atoms with Gasteiger partial charge in [0, 0.05) is 24.9 Å². The third-order valence-electron chi connectivity index (χ3n) is 3.03. The third-order valence-corrected chi connectivity index (χ3v) is 4.49. The molecular weight excluding hydrogens is 286 g/mol. The molecule has 5 nitrogen and oxygen atoms in total. The van der Waals surface area contributed by atoms with E-state index in [4.69, 9.17) is 5.26 Å². The van der Waals surface area contributed by atoms with Crippen LogP contribution in [0.5, 0.6) is 0 Å². The normalized spacial score (nSPS) is 11.0. The average molecular weight is 301 g/mol. The largest absolute Gasteiger partial charge is 0.261 e. The average Bonchev–Trinajstić information content (AvgIpc) is 2.48. The minimum absolute atomic E-state index is 0.167. The summed E-state index contributed by atoms with van der Waals surface area (Å²) < 4.78 is 26.9. The first-order valence-corrected chi connectivity index (χ1v) is 7.91. The molecule has 0 atom stereocenters. The van der Waals surface area contributed by atoms with E-state index in [9.17, 15) is 8.42 Å². The Labute approximate surface area is 124 Å². The molecule has 108 valence electrons. The molecule has 2 rings (SSSR count). The Bertz CT molecular complexity index is 765. The number of nitrogens with one attached hydrogen (secondary N) is 1. The predicted molar refractivity (Wildman–Crippen MR) is 79.0 cm³/mol. The van der Waals surface area contributed by atoms with E-state index in [0.29, 0.717) is 17.5 Å². The third kappa shape index (κ3) is 3.88. The molecule has 0 aliphatic carbocycles. The maximum absolute atomic E-state index is 12.2. The van der Waals surface area contributed by atoms with Crippen LogP contribution in [0.2, 0.25) is 0 Å². The molecule has 1 N–H and O–H groups in total. The second-order valence-corrected chi connectivity index (χ2v) is 6.32. The fraction of sp³-hybridized carbons (Fsp3) is 0.200. The lowest BCUT2D eigenvalue weighted by Crippen LogP contribution is -2.26. The van der Waals surface area contributed by atoms with Gasteiger partial charge in [-0.1, -0.05) is 6.07 Å². The molecule has 21 heavy (non-hydrogen) atoms. The zero-order valence-electron chi connectivity index (χ0n) is 11.6. The SMILES string of the molecule is Cc1cc(S(=O)(=O)NCCc2ccccn2)ccc1C#N. The summed E-state index contributed by atoms with van der Waals surface area (Å²) in [5.41, 5.74) is 1.95. The Balaban J connectivity index is 2.05. The van der Waals surface area contributed by atoms with E-state index in [1.54, 1.807) is 13.1 Å². The Hall–Kier alpha value is -2.23. The van der Waals surface area contributed by atoms with Crippen molar-refractivity contribution in [3.63, 3.8) is 0 Å². The van der Waals surface area contributed by atoms with E-state index in [2.05, 4.69) is 9.71 Å². The lowest BCUT2D eigenvalue weighted by molar-refractivity contribution is 0.581. The maximum atomic E-state index is 12.2. The van der Waals surface area contributed by atoms with E-state index in [0.717, 1.165) is 5.69 Å². The number of nitriles is 1. The number of pyridine rings is 1. The molecule has 0 radical (unpaired) electrons. The number of nitrogens with zero attached hydrogens (tertiary/aromatic N) is 2. The maximum Gasteiger partial charge on any atom is 0.240 e. The lowest BCUT2D eigenvalue weighted by Gasteiger charge is -2.08. The van der Waals surface area contributed by atoms with E-state index in [1.807, 2.05) is 24.3 Å². The van der Waals surface area contributed by atoms with Crippen LogP contribution in [-0.4, -0.2) is 19.9 Å². The van der Waals surface area contributed by atoms with Crippen LogP contribution >= 0.6 is 0 Å². The minimum Gasteiger partial charge on any atom is -0.261 e. The highest BCUT2D eigenvalue weighted by Gasteiger charge is 2.14. The van der Waals surface area contributed by atoms with Crippen molar-refractivity contribution in [1.29, 1.82) is 5.26 Å². The summed E-state index contributed by atoms with van der Waals surface area (Å²) in [6.07, 6.45) is 2.20. The first-order chi connectivity index (χ1) is 10.0. The van der Waals surface area contributed by atoms with Crippen LogP contribution in [0.3, 0.4) is 0 Å². The van der Waals surface area contributed by atoms with Crippen molar-refractivity contribution in [2.75, 3.05) is 6.54 Å². The van der Waals surface area contributed by atoms with Crippen LogP contribution in [0, 0.1) is 18.3 Å². The van der Waals surface area contributed by atoms with E-state index in [1.165, 1.54) is 18.2 Å². The standard InChI is InChI=1S/C15H15N3O2S/c1-12-10-15(6-5-13(12)11-16)21(19,20)18-9-7-14-4-2-3-8-17-14/h2-6,8,10,18H,7,9H2,1H3. The monoisotopic (exact) mass is 301 g/mol. The number of benzene rings is 1. The second kappa shape index (κ2) is 6.48. The Morgan fingerprint density at radius 3 is 2.71 bits per heavy atom. The summed E-state index contributed by atoms with van der Waals surface area (Å²) in [5, 5.41) is 8.86. The minimum atomic E-state index is -3.57. The second-order valence-electron chi connectivity index (χ2n) is 4.56. The highest BCUT2D eigenvalue weighted by atomic mass is 32.2. The molecule has 0 amide bonds. The molecule has 2 aromatic rings. The van der Waals surface area contributed by atoms with Crippen LogP contribution in [0.15, 0.2) is 47.5 Å². The van der Waals surface area contributed by atoms with Crippen molar-refractivity contribution in [3.8, 4) is 6.07 Å². The topological polar surface area (TPSA) is 82.8 Å². The van der Waals surface area contributed by atoms with Gasteiger partial charge in [0.05, 0.1) is 16.5 Å². The van der Waals surface area contributed by atoms with Gasteiger partial charge in [0.15, 0.2) is 0 Å². The smallest absolute Gasteiger partial charge is 0.240 e. The van der Waals surface area contributed by atoms with Crippen LogP contribution < -0.4 is 4.72 Å². The fourth-order valence-electron chi connectivity index (χ4n) is 1.87. The highest BCUT2D eigenvalue weighted by molar-refractivity contribution is 7.89. The molecule has 1 heterocycles. The summed E-state index contributed by atoms with van der Waals surface area (Å²) in [6, 6.07) is 12.0. The van der Waals surface area contributed by atoms with Crippen LogP contribution in [0.1, 0.15) is 16.8 Å². The van der Waals surface area contributed by atoms with Gasteiger partial charge in [-0.2, -0.15) is 5.26 Å². The van der Waals surface area contributed by atoms with Crippen molar-refractivity contribution in [3.05, 3.63) is 59.4 Å². The predicted octanol–water partition coefficient (Wildman–Crippen LogP) is 1.78. The van der Waals surface area contributed by atoms with Gasteiger partial charge in [-0.05, 0) is 42.8 Å². The van der Waals surface area contributed by atoms with Gasteiger partial charge in [0.1, 0.15) is 0 Å². The van der Waals surface area contributed by atoms with Crippen molar-refractivity contribution in [2.45, 2.75) is 18.2 Å². The van der Waals surface area contributed by atoms with Gasteiger partial charge in [-0.25, -0.2) is 13.1 Å². The van der Waals surface area contributed by atoms with Gasteiger partial charge < -0.3 is 0 Å². The molecule has 0 aliphatic heterocycles. The van der Waals surface area contributed by atoms with E-state index < -0.39 is 10.0 Å². The van der Waals surface area contributed by atoms with Gasteiger partial charge in [-0.15, -0.1) is 0 Å². The van der Waals surface area contributed by atoms with E-state index >= 15 is 0 Å². The number of aromatic nitrogens is 1. The van der Waals surface area contributed by atoms with Gasteiger partial charge in [0.25, 0.3) is 0 Å².